The van der Waals surface area contributed by atoms with E-state index in [0.717, 1.165) is 26.9 Å². The van der Waals surface area contributed by atoms with Crippen LogP contribution in [0.3, 0.4) is 0 Å². The number of para-hydroxylation sites is 1. The molecule has 1 aliphatic rings. The summed E-state index contributed by atoms with van der Waals surface area (Å²) in [5, 5.41) is 3.29. The zero-order chi connectivity index (χ0) is 15.1. The molecule has 3 nitrogen and oxygen atoms in total. The molecule has 0 atom stereocenters. The third-order valence-corrected chi connectivity index (χ3v) is 4.95. The molecule has 3 rings (SSSR count). The molecule has 0 saturated heterocycles. The summed E-state index contributed by atoms with van der Waals surface area (Å²) in [6, 6.07) is 9.29. The van der Waals surface area contributed by atoms with Crippen LogP contribution < -0.4 is 5.32 Å². The number of fused-ring (bicyclic) bond motifs is 1. The van der Waals surface area contributed by atoms with Crippen LogP contribution in [0.25, 0.3) is 0 Å². The van der Waals surface area contributed by atoms with Crippen molar-refractivity contribution in [2.45, 2.75) is 13.8 Å². The van der Waals surface area contributed by atoms with Gasteiger partial charge in [-0.1, -0.05) is 39.7 Å². The van der Waals surface area contributed by atoms with Crippen LogP contribution >= 0.6 is 27.5 Å². The number of nitrogens with one attached hydrogen (secondary N) is 1. The van der Waals surface area contributed by atoms with Crippen molar-refractivity contribution >= 4 is 50.5 Å². The standard InChI is InChI=1S/C16H12BrClN2O/c1-8-6-10(7-9(2)13(8)17)19-15-11-4-3-5-12(18)14(11)20-16(15)21/h3-7H,1-2H3,(H,19,20,21). The number of nitrogens with zero attached hydrogens (tertiary/aromatic N) is 1. The van der Waals surface area contributed by atoms with Gasteiger partial charge in [-0.15, -0.1) is 0 Å². The van der Waals surface area contributed by atoms with Gasteiger partial charge in [0.05, 0.1) is 16.4 Å². The van der Waals surface area contributed by atoms with E-state index in [1.54, 1.807) is 6.07 Å². The second kappa shape index (κ2) is 5.28. The maximum atomic E-state index is 12.1. The summed E-state index contributed by atoms with van der Waals surface area (Å²) in [5.74, 6) is -0.226. The van der Waals surface area contributed by atoms with E-state index in [9.17, 15) is 4.79 Å². The lowest BCUT2D eigenvalue weighted by atomic mass is 10.1. The number of halogens is 2. The summed E-state index contributed by atoms with van der Waals surface area (Å²) in [6.07, 6.45) is 0. The van der Waals surface area contributed by atoms with Gasteiger partial charge in [-0.05, 0) is 43.2 Å². The van der Waals surface area contributed by atoms with Crippen LogP contribution in [0.15, 0.2) is 39.8 Å². The van der Waals surface area contributed by atoms with Crippen molar-refractivity contribution in [2.75, 3.05) is 5.32 Å². The van der Waals surface area contributed by atoms with Gasteiger partial charge in [-0.3, -0.25) is 4.79 Å². The number of aryl methyl sites for hydroxylation is 2. The van der Waals surface area contributed by atoms with E-state index in [-0.39, 0.29) is 5.91 Å². The first kappa shape index (κ1) is 14.3. The summed E-state index contributed by atoms with van der Waals surface area (Å²) in [6.45, 7) is 4.00. The molecule has 0 spiro atoms. The van der Waals surface area contributed by atoms with Crippen molar-refractivity contribution in [3.8, 4) is 0 Å². The number of aliphatic imine (C=N–C) groups is 1. The van der Waals surface area contributed by atoms with Crippen LogP contribution in [-0.4, -0.2) is 11.6 Å². The van der Waals surface area contributed by atoms with Gasteiger partial charge in [-0.25, -0.2) is 4.99 Å². The van der Waals surface area contributed by atoms with E-state index in [4.69, 9.17) is 11.6 Å². The van der Waals surface area contributed by atoms with Crippen molar-refractivity contribution in [3.05, 3.63) is 56.5 Å². The Kier molecular flexibility index (Phi) is 3.59. The lowest BCUT2D eigenvalue weighted by Gasteiger charge is -2.05. The predicted octanol–water partition coefficient (Wildman–Crippen LogP) is 4.79. The smallest absolute Gasteiger partial charge is 0.275 e. The molecule has 21 heavy (non-hydrogen) atoms. The normalized spacial score (nSPS) is 15.2. The number of anilines is 1. The molecule has 106 valence electrons. The summed E-state index contributed by atoms with van der Waals surface area (Å²) in [5.41, 5.74) is 4.69. The van der Waals surface area contributed by atoms with Crippen LogP contribution in [0.2, 0.25) is 5.02 Å². The van der Waals surface area contributed by atoms with Gasteiger partial charge < -0.3 is 5.32 Å². The maximum absolute atomic E-state index is 12.1. The SMILES string of the molecule is Cc1cc(N=C2C(=O)Nc3c(Cl)cccc32)cc(C)c1Br. The first-order valence-electron chi connectivity index (χ1n) is 6.43. The molecule has 1 N–H and O–H groups in total. The van der Waals surface area contributed by atoms with Gasteiger partial charge in [0.1, 0.15) is 5.71 Å². The Morgan fingerprint density at radius 1 is 1.19 bits per heavy atom. The molecule has 1 aliphatic heterocycles. The number of rotatable bonds is 1. The number of carbonyl (C=O) groups excluding carboxylic acids is 1. The average molecular weight is 364 g/mol. The number of hydrogen-bond donors (Lipinski definition) is 1. The molecule has 0 aliphatic carbocycles. The van der Waals surface area contributed by atoms with E-state index < -0.39 is 0 Å². The molecule has 0 bridgehead atoms. The first-order chi connectivity index (χ1) is 9.97. The van der Waals surface area contributed by atoms with Gasteiger partial charge in [-0.2, -0.15) is 0 Å². The van der Waals surface area contributed by atoms with E-state index >= 15 is 0 Å². The van der Waals surface area contributed by atoms with Crippen LogP contribution in [0.1, 0.15) is 16.7 Å². The number of hydrogen-bond acceptors (Lipinski definition) is 2. The Hall–Kier alpha value is -1.65. The molecule has 5 heteroatoms. The fraction of sp³-hybridized carbons (Fsp3) is 0.125. The van der Waals surface area contributed by atoms with Gasteiger partial charge in [0, 0.05) is 10.0 Å². The molecular weight excluding hydrogens is 352 g/mol. The monoisotopic (exact) mass is 362 g/mol. The van der Waals surface area contributed by atoms with Crippen molar-refractivity contribution in [1.82, 2.24) is 0 Å². The largest absolute Gasteiger partial charge is 0.319 e. The summed E-state index contributed by atoms with van der Waals surface area (Å²) in [7, 11) is 0. The lowest BCUT2D eigenvalue weighted by molar-refractivity contribution is -0.110. The fourth-order valence-electron chi connectivity index (χ4n) is 2.37. The molecule has 0 unspecified atom stereocenters. The van der Waals surface area contributed by atoms with Gasteiger partial charge in [0.15, 0.2) is 0 Å². The Bertz CT molecular complexity index is 776. The quantitative estimate of drug-likeness (QED) is 0.777. The predicted molar refractivity (Wildman–Crippen MR) is 89.9 cm³/mol. The highest BCUT2D eigenvalue weighted by Gasteiger charge is 2.27. The summed E-state index contributed by atoms with van der Waals surface area (Å²) >= 11 is 9.63. The Labute approximate surface area is 136 Å². The number of benzene rings is 2. The van der Waals surface area contributed by atoms with Crippen LogP contribution in [0.4, 0.5) is 11.4 Å². The minimum atomic E-state index is -0.226. The summed E-state index contributed by atoms with van der Waals surface area (Å²) in [4.78, 5) is 16.6. The second-order valence-electron chi connectivity index (χ2n) is 4.97. The lowest BCUT2D eigenvalue weighted by Crippen LogP contribution is -2.13. The molecule has 2 aromatic rings. The topological polar surface area (TPSA) is 41.5 Å². The van der Waals surface area contributed by atoms with E-state index in [1.807, 2.05) is 38.1 Å². The Morgan fingerprint density at radius 3 is 2.52 bits per heavy atom. The zero-order valence-corrected chi connectivity index (χ0v) is 13.8. The van der Waals surface area contributed by atoms with Crippen molar-refractivity contribution in [1.29, 1.82) is 0 Å². The molecule has 2 aromatic carbocycles. The third kappa shape index (κ3) is 2.49. The van der Waals surface area contributed by atoms with E-state index in [0.29, 0.717) is 16.4 Å². The summed E-state index contributed by atoms with van der Waals surface area (Å²) < 4.78 is 1.06. The minimum absolute atomic E-state index is 0.226. The van der Waals surface area contributed by atoms with Crippen molar-refractivity contribution in [2.24, 2.45) is 4.99 Å². The Balaban J connectivity index is 2.14. The Morgan fingerprint density at radius 2 is 1.86 bits per heavy atom. The molecule has 1 heterocycles. The molecule has 0 saturated carbocycles. The highest BCUT2D eigenvalue weighted by Crippen LogP contribution is 2.33. The van der Waals surface area contributed by atoms with E-state index in [1.165, 1.54) is 0 Å². The molecular formula is C16H12BrClN2O. The van der Waals surface area contributed by atoms with Gasteiger partial charge >= 0.3 is 0 Å². The second-order valence-corrected chi connectivity index (χ2v) is 6.17. The van der Waals surface area contributed by atoms with E-state index in [2.05, 4.69) is 26.2 Å². The number of carbonyl (C=O) groups is 1. The maximum Gasteiger partial charge on any atom is 0.275 e. The fourth-order valence-corrected chi connectivity index (χ4v) is 2.82. The minimum Gasteiger partial charge on any atom is -0.319 e. The third-order valence-electron chi connectivity index (χ3n) is 3.38. The van der Waals surface area contributed by atoms with Gasteiger partial charge in [0.2, 0.25) is 0 Å². The average Bonchev–Trinajstić information content (AvgIpc) is 2.75. The zero-order valence-electron chi connectivity index (χ0n) is 11.5. The van der Waals surface area contributed by atoms with Crippen LogP contribution in [-0.2, 0) is 4.79 Å². The highest BCUT2D eigenvalue weighted by atomic mass is 79.9. The van der Waals surface area contributed by atoms with Crippen molar-refractivity contribution in [3.63, 3.8) is 0 Å². The molecule has 0 radical (unpaired) electrons. The highest BCUT2D eigenvalue weighted by molar-refractivity contribution is 9.10. The first-order valence-corrected chi connectivity index (χ1v) is 7.60. The van der Waals surface area contributed by atoms with Gasteiger partial charge in [0.25, 0.3) is 5.91 Å². The number of amides is 1. The molecule has 0 fully saturated rings. The van der Waals surface area contributed by atoms with Crippen LogP contribution in [0.5, 0.6) is 0 Å². The van der Waals surface area contributed by atoms with Crippen molar-refractivity contribution < 1.29 is 4.79 Å². The van der Waals surface area contributed by atoms with Crippen LogP contribution in [0, 0.1) is 13.8 Å². The molecule has 1 amide bonds. The molecule has 0 aromatic heterocycles.